The maximum atomic E-state index is 14.5. The summed E-state index contributed by atoms with van der Waals surface area (Å²) in [6.45, 7) is 4.14. The third kappa shape index (κ3) is 4.86. The third-order valence-corrected chi connectivity index (χ3v) is 5.00. The van der Waals surface area contributed by atoms with E-state index in [0.717, 1.165) is 11.8 Å². The maximum Gasteiger partial charge on any atom is 0.271 e. The molecular formula is C22H23F2N5O3. The molecular weight excluding hydrogens is 420 g/mol. The molecule has 4 rings (SSSR count). The SMILES string of the molecule is C[C@@H]1CN(c2ncc(F)c(Nc3cc(-c4ccc(OCF)cc4)c[nH]c3=O)n2)C[C@H](C)O1. The van der Waals surface area contributed by atoms with Crippen molar-refractivity contribution in [1.29, 1.82) is 0 Å². The molecule has 1 aromatic carbocycles. The Morgan fingerprint density at radius 3 is 2.62 bits per heavy atom. The summed E-state index contributed by atoms with van der Waals surface area (Å²) < 4.78 is 37.3. The zero-order valence-corrected chi connectivity index (χ0v) is 17.6. The topological polar surface area (TPSA) is 92.4 Å². The minimum absolute atomic E-state index is 0.00923. The zero-order valence-electron chi connectivity index (χ0n) is 17.6. The van der Waals surface area contributed by atoms with Crippen LogP contribution in [0.5, 0.6) is 5.75 Å². The fourth-order valence-corrected chi connectivity index (χ4v) is 3.62. The molecule has 2 N–H and O–H groups in total. The molecule has 2 atom stereocenters. The number of H-pyrrole nitrogens is 1. The number of halogens is 2. The maximum absolute atomic E-state index is 14.5. The number of pyridine rings is 1. The smallest absolute Gasteiger partial charge is 0.271 e. The van der Waals surface area contributed by atoms with E-state index < -0.39 is 18.2 Å². The quantitative estimate of drug-likeness (QED) is 0.601. The van der Waals surface area contributed by atoms with Gasteiger partial charge in [-0.05, 0) is 37.6 Å². The molecule has 1 aliphatic heterocycles. The first-order chi connectivity index (χ1) is 15.4. The van der Waals surface area contributed by atoms with Gasteiger partial charge in [0.2, 0.25) is 12.8 Å². The van der Waals surface area contributed by atoms with Crippen LogP contribution in [0.4, 0.5) is 26.2 Å². The van der Waals surface area contributed by atoms with Crippen molar-refractivity contribution in [3.63, 3.8) is 0 Å². The molecule has 3 aromatic rings. The van der Waals surface area contributed by atoms with Crippen LogP contribution in [-0.2, 0) is 4.74 Å². The van der Waals surface area contributed by atoms with E-state index in [-0.39, 0.29) is 23.7 Å². The molecule has 10 heteroatoms. The Kier molecular flexibility index (Phi) is 6.31. The summed E-state index contributed by atoms with van der Waals surface area (Å²) in [5.74, 6) is -0.0370. The summed E-state index contributed by atoms with van der Waals surface area (Å²) in [4.78, 5) is 25.3. The van der Waals surface area contributed by atoms with Gasteiger partial charge in [0.25, 0.3) is 5.56 Å². The summed E-state index contributed by atoms with van der Waals surface area (Å²) in [5.41, 5.74) is 1.12. The van der Waals surface area contributed by atoms with Gasteiger partial charge in [-0.2, -0.15) is 4.98 Å². The van der Waals surface area contributed by atoms with Gasteiger partial charge in [-0.15, -0.1) is 0 Å². The summed E-state index contributed by atoms with van der Waals surface area (Å²) in [6, 6.07) is 8.28. The van der Waals surface area contributed by atoms with Gasteiger partial charge in [0.15, 0.2) is 11.6 Å². The first kappa shape index (κ1) is 21.7. The van der Waals surface area contributed by atoms with E-state index in [9.17, 15) is 13.6 Å². The van der Waals surface area contributed by atoms with Crippen LogP contribution in [0.3, 0.4) is 0 Å². The van der Waals surface area contributed by atoms with Crippen molar-refractivity contribution < 1.29 is 18.3 Å². The largest absolute Gasteiger partial charge is 0.463 e. The number of benzene rings is 1. The van der Waals surface area contributed by atoms with Gasteiger partial charge in [-0.1, -0.05) is 12.1 Å². The lowest BCUT2D eigenvalue weighted by Crippen LogP contribution is -2.46. The highest BCUT2D eigenvalue weighted by Gasteiger charge is 2.25. The van der Waals surface area contributed by atoms with Gasteiger partial charge >= 0.3 is 0 Å². The van der Waals surface area contributed by atoms with Gasteiger partial charge in [0.05, 0.1) is 18.4 Å². The molecule has 1 saturated heterocycles. The molecule has 8 nitrogen and oxygen atoms in total. The van der Waals surface area contributed by atoms with E-state index >= 15 is 0 Å². The van der Waals surface area contributed by atoms with Gasteiger partial charge in [-0.25, -0.2) is 13.8 Å². The Morgan fingerprint density at radius 2 is 1.94 bits per heavy atom. The molecule has 168 valence electrons. The predicted molar refractivity (Wildman–Crippen MR) is 117 cm³/mol. The molecule has 32 heavy (non-hydrogen) atoms. The Bertz CT molecular complexity index is 1130. The standard InChI is InChI=1S/C22H23F2N5O3/c1-13-10-29(11-14(2)32-13)22-26-9-18(24)20(28-22)27-19-7-16(8-25-21(19)30)15-3-5-17(6-4-15)31-12-23/h3-9,13-14H,10-12H2,1-2H3,(H,25,30)(H,26,27,28)/t13-,14+. The average Bonchev–Trinajstić information content (AvgIpc) is 2.77. The van der Waals surface area contributed by atoms with Crippen LogP contribution in [0.2, 0.25) is 0 Å². The molecule has 1 aliphatic rings. The minimum atomic E-state index is -0.916. The lowest BCUT2D eigenvalue weighted by Gasteiger charge is -2.35. The van der Waals surface area contributed by atoms with E-state index in [0.29, 0.717) is 30.4 Å². The second-order valence-corrected chi connectivity index (χ2v) is 7.56. The van der Waals surface area contributed by atoms with Crippen LogP contribution in [-0.4, -0.2) is 47.1 Å². The van der Waals surface area contributed by atoms with E-state index in [1.54, 1.807) is 30.3 Å². The number of morpholine rings is 1. The number of hydrogen-bond donors (Lipinski definition) is 2. The zero-order chi connectivity index (χ0) is 22.7. The molecule has 3 heterocycles. The third-order valence-electron chi connectivity index (χ3n) is 5.00. The number of aromatic nitrogens is 3. The van der Waals surface area contributed by atoms with Crippen LogP contribution in [0, 0.1) is 5.82 Å². The highest BCUT2D eigenvalue weighted by molar-refractivity contribution is 5.69. The number of aromatic amines is 1. The van der Waals surface area contributed by atoms with Crippen LogP contribution in [0.25, 0.3) is 11.1 Å². The second-order valence-electron chi connectivity index (χ2n) is 7.56. The van der Waals surface area contributed by atoms with Crippen molar-refractivity contribution >= 4 is 17.5 Å². The highest BCUT2D eigenvalue weighted by Crippen LogP contribution is 2.25. The molecule has 0 unspecified atom stereocenters. The Balaban J connectivity index is 1.60. The Hall–Kier alpha value is -3.53. The molecule has 0 saturated carbocycles. The van der Waals surface area contributed by atoms with Crippen molar-refractivity contribution in [1.82, 2.24) is 15.0 Å². The number of ether oxygens (including phenoxy) is 2. The van der Waals surface area contributed by atoms with Crippen molar-refractivity contribution in [2.75, 3.05) is 30.2 Å². The lowest BCUT2D eigenvalue weighted by atomic mass is 10.1. The van der Waals surface area contributed by atoms with E-state index in [2.05, 4.69) is 20.3 Å². The van der Waals surface area contributed by atoms with Crippen LogP contribution in [0.15, 0.2) is 47.5 Å². The minimum Gasteiger partial charge on any atom is -0.463 e. The second kappa shape index (κ2) is 9.31. The summed E-state index contributed by atoms with van der Waals surface area (Å²) in [6.07, 6.45) is 2.60. The van der Waals surface area contributed by atoms with Crippen molar-refractivity contribution in [3.05, 3.63) is 58.9 Å². The van der Waals surface area contributed by atoms with Crippen molar-refractivity contribution in [2.45, 2.75) is 26.1 Å². The fourth-order valence-electron chi connectivity index (χ4n) is 3.62. The lowest BCUT2D eigenvalue weighted by molar-refractivity contribution is -0.00572. The van der Waals surface area contributed by atoms with Crippen LogP contribution >= 0.6 is 0 Å². The van der Waals surface area contributed by atoms with E-state index in [1.807, 2.05) is 18.7 Å². The normalized spacial score (nSPS) is 18.4. The molecule has 2 aromatic heterocycles. The van der Waals surface area contributed by atoms with Gasteiger partial charge < -0.3 is 24.7 Å². The Morgan fingerprint density at radius 1 is 1.22 bits per heavy atom. The number of alkyl halides is 1. The van der Waals surface area contributed by atoms with Gasteiger partial charge in [-0.3, -0.25) is 4.79 Å². The monoisotopic (exact) mass is 443 g/mol. The highest BCUT2D eigenvalue weighted by atomic mass is 19.1. The number of rotatable bonds is 6. The number of hydrogen-bond acceptors (Lipinski definition) is 7. The fraction of sp³-hybridized carbons (Fsp3) is 0.318. The van der Waals surface area contributed by atoms with Crippen LogP contribution in [0.1, 0.15) is 13.8 Å². The van der Waals surface area contributed by atoms with E-state index in [1.165, 1.54) is 6.20 Å². The summed E-state index contributed by atoms with van der Waals surface area (Å²) in [5, 5.41) is 2.78. The molecule has 0 bridgehead atoms. The number of nitrogens with zero attached hydrogens (tertiary/aromatic N) is 3. The van der Waals surface area contributed by atoms with Gasteiger partial charge in [0.1, 0.15) is 11.4 Å². The predicted octanol–water partition coefficient (Wildman–Crippen LogP) is 3.63. The average molecular weight is 443 g/mol. The van der Waals surface area contributed by atoms with Gasteiger partial charge in [0, 0.05) is 24.8 Å². The number of nitrogens with one attached hydrogen (secondary N) is 2. The first-order valence-corrected chi connectivity index (χ1v) is 10.1. The molecule has 0 radical (unpaired) electrons. The molecule has 1 fully saturated rings. The van der Waals surface area contributed by atoms with Crippen molar-refractivity contribution in [2.24, 2.45) is 0 Å². The van der Waals surface area contributed by atoms with Crippen LogP contribution < -0.4 is 20.5 Å². The molecule has 0 aliphatic carbocycles. The van der Waals surface area contributed by atoms with Crippen molar-refractivity contribution in [3.8, 4) is 16.9 Å². The summed E-state index contributed by atoms with van der Waals surface area (Å²) in [7, 11) is 0. The Labute approximate surface area is 183 Å². The first-order valence-electron chi connectivity index (χ1n) is 10.1. The van der Waals surface area contributed by atoms with E-state index in [4.69, 9.17) is 9.47 Å². The summed E-state index contributed by atoms with van der Waals surface area (Å²) >= 11 is 0. The molecule has 0 amide bonds. The molecule has 0 spiro atoms. The number of anilines is 3.